The maximum absolute atomic E-state index is 5.33. The second-order valence-corrected chi connectivity index (χ2v) is 5.04. The van der Waals surface area contributed by atoms with Crippen LogP contribution in [0.15, 0.2) is 23.0 Å². The van der Waals surface area contributed by atoms with E-state index in [0.717, 1.165) is 30.8 Å². The van der Waals surface area contributed by atoms with Crippen molar-refractivity contribution in [2.24, 2.45) is 0 Å². The number of H-pyrrole nitrogens is 1. The average Bonchev–Trinajstić information content (AvgIpc) is 3.18. The number of aromatic amines is 1. The lowest BCUT2D eigenvalue weighted by molar-refractivity contribution is 0.430. The minimum absolute atomic E-state index is 0. The first-order valence-corrected chi connectivity index (χ1v) is 6.85. The molecule has 1 aliphatic rings. The summed E-state index contributed by atoms with van der Waals surface area (Å²) in [4.78, 5) is 8.94. The normalized spacial score (nSPS) is 13.5. The van der Waals surface area contributed by atoms with E-state index in [9.17, 15) is 0 Å². The van der Waals surface area contributed by atoms with Gasteiger partial charge in [0.1, 0.15) is 5.69 Å². The van der Waals surface area contributed by atoms with Crippen LogP contribution in [0.5, 0.6) is 0 Å². The van der Waals surface area contributed by atoms with Gasteiger partial charge in [0.25, 0.3) is 5.89 Å². The number of aromatic nitrogens is 5. The van der Waals surface area contributed by atoms with Crippen LogP contribution in [0.1, 0.15) is 16.8 Å². The highest BCUT2D eigenvalue weighted by molar-refractivity contribution is 5.85. The Morgan fingerprint density at radius 2 is 2.23 bits per heavy atom. The van der Waals surface area contributed by atoms with Gasteiger partial charge in [-0.05, 0) is 37.1 Å². The monoisotopic (exact) mass is 318 g/mol. The predicted molar refractivity (Wildman–Crippen MR) is 82.5 cm³/mol. The smallest absolute Gasteiger partial charge is 0.276 e. The third kappa shape index (κ3) is 2.38. The molecule has 0 saturated heterocycles. The molecule has 0 saturated carbocycles. The molecular formula is C14H15ClN6O. The van der Waals surface area contributed by atoms with Gasteiger partial charge < -0.3 is 9.84 Å². The van der Waals surface area contributed by atoms with Crippen molar-refractivity contribution in [2.45, 2.75) is 19.9 Å². The zero-order chi connectivity index (χ0) is 14.2. The molecule has 0 bridgehead atoms. The van der Waals surface area contributed by atoms with Gasteiger partial charge in [-0.1, -0.05) is 5.16 Å². The summed E-state index contributed by atoms with van der Waals surface area (Å²) in [6, 6.07) is 1.80. The fourth-order valence-corrected chi connectivity index (χ4v) is 2.68. The highest BCUT2D eigenvalue weighted by atomic mass is 35.5. The Hall–Kier alpha value is -2.25. The summed E-state index contributed by atoms with van der Waals surface area (Å²) in [6.07, 6.45) is 4.53. The fraction of sp³-hybridized carbons (Fsp3) is 0.286. The highest BCUT2D eigenvalue weighted by Gasteiger charge is 2.21. The van der Waals surface area contributed by atoms with Crippen molar-refractivity contribution in [3.63, 3.8) is 0 Å². The number of nitrogens with one attached hydrogen (secondary N) is 2. The van der Waals surface area contributed by atoms with E-state index in [1.165, 1.54) is 11.1 Å². The number of fused-ring (bicyclic) bond motifs is 1. The second kappa shape index (κ2) is 5.86. The van der Waals surface area contributed by atoms with E-state index < -0.39 is 0 Å². The van der Waals surface area contributed by atoms with Crippen molar-refractivity contribution in [1.82, 2.24) is 30.6 Å². The minimum Gasteiger partial charge on any atom is -0.332 e. The molecule has 0 radical (unpaired) electrons. The van der Waals surface area contributed by atoms with E-state index >= 15 is 0 Å². The summed E-state index contributed by atoms with van der Waals surface area (Å²) in [6.45, 7) is 3.76. The Bertz CT molecular complexity index is 783. The Labute approximate surface area is 133 Å². The zero-order valence-electron chi connectivity index (χ0n) is 12.0. The van der Waals surface area contributed by atoms with E-state index in [1.54, 1.807) is 12.3 Å². The van der Waals surface area contributed by atoms with Crippen LogP contribution in [-0.2, 0) is 13.0 Å². The van der Waals surface area contributed by atoms with Crippen LogP contribution >= 0.6 is 12.4 Å². The molecule has 0 amide bonds. The third-order valence-corrected chi connectivity index (χ3v) is 3.71. The van der Waals surface area contributed by atoms with E-state index in [4.69, 9.17) is 4.52 Å². The largest absolute Gasteiger partial charge is 0.332 e. The summed E-state index contributed by atoms with van der Waals surface area (Å²) in [5.74, 6) is 1.02. The Kier molecular flexibility index (Phi) is 3.91. The van der Waals surface area contributed by atoms with Gasteiger partial charge in [-0.15, -0.1) is 12.4 Å². The third-order valence-electron chi connectivity index (χ3n) is 3.71. The molecule has 3 aromatic rings. The van der Waals surface area contributed by atoms with Crippen LogP contribution in [0.2, 0.25) is 0 Å². The molecule has 114 valence electrons. The lowest BCUT2D eigenvalue weighted by Gasteiger charge is -2.19. The molecule has 0 unspecified atom stereocenters. The molecule has 8 heteroatoms. The molecule has 2 N–H and O–H groups in total. The summed E-state index contributed by atoms with van der Waals surface area (Å²) >= 11 is 0. The number of aryl methyl sites for hydroxylation is 1. The number of rotatable bonds is 2. The van der Waals surface area contributed by atoms with Gasteiger partial charge >= 0.3 is 0 Å². The van der Waals surface area contributed by atoms with E-state index in [2.05, 4.69) is 30.6 Å². The molecule has 4 heterocycles. The Balaban J connectivity index is 0.00000144. The van der Waals surface area contributed by atoms with Crippen molar-refractivity contribution in [1.29, 1.82) is 0 Å². The van der Waals surface area contributed by atoms with Crippen LogP contribution in [0.3, 0.4) is 0 Å². The SMILES string of the molecule is Cc1ncc2c(c1-c1noc(-c3ccn[nH]3)n1)CCNC2.Cl. The Morgan fingerprint density at radius 1 is 1.32 bits per heavy atom. The van der Waals surface area contributed by atoms with E-state index in [0.29, 0.717) is 17.4 Å². The highest BCUT2D eigenvalue weighted by Crippen LogP contribution is 2.29. The summed E-state index contributed by atoms with van der Waals surface area (Å²) in [5, 5.41) is 14.2. The maximum Gasteiger partial charge on any atom is 0.276 e. The molecule has 7 nitrogen and oxygen atoms in total. The quantitative estimate of drug-likeness (QED) is 0.749. The molecule has 4 rings (SSSR count). The predicted octanol–water partition coefficient (Wildman–Crippen LogP) is 1.90. The van der Waals surface area contributed by atoms with E-state index in [1.807, 2.05) is 13.1 Å². The molecule has 0 atom stereocenters. The number of hydrogen-bond donors (Lipinski definition) is 2. The molecule has 0 spiro atoms. The standard InChI is InChI=1S/C14H14N6O.ClH/c1-8-12(10-2-4-15-6-9(10)7-16-8)13-18-14(21-20-13)11-3-5-17-19-11;/h3,5,7,15H,2,4,6H2,1H3,(H,17,19);1H. The Morgan fingerprint density at radius 3 is 3.05 bits per heavy atom. The van der Waals surface area contributed by atoms with Gasteiger partial charge in [0, 0.05) is 30.2 Å². The molecular weight excluding hydrogens is 304 g/mol. The van der Waals surface area contributed by atoms with Crippen molar-refractivity contribution in [2.75, 3.05) is 6.54 Å². The first-order chi connectivity index (χ1) is 10.3. The van der Waals surface area contributed by atoms with Gasteiger partial charge in [0.2, 0.25) is 5.82 Å². The van der Waals surface area contributed by atoms with Gasteiger partial charge in [0.05, 0.1) is 0 Å². The van der Waals surface area contributed by atoms with Crippen LogP contribution in [0.25, 0.3) is 23.0 Å². The van der Waals surface area contributed by atoms with Gasteiger partial charge in [-0.2, -0.15) is 10.1 Å². The zero-order valence-corrected chi connectivity index (χ0v) is 12.8. The van der Waals surface area contributed by atoms with Crippen molar-refractivity contribution >= 4 is 12.4 Å². The fourth-order valence-electron chi connectivity index (χ4n) is 2.68. The van der Waals surface area contributed by atoms with Gasteiger partial charge in [0.15, 0.2) is 0 Å². The second-order valence-electron chi connectivity index (χ2n) is 5.04. The minimum atomic E-state index is 0. The number of nitrogens with zero attached hydrogens (tertiary/aromatic N) is 4. The first-order valence-electron chi connectivity index (χ1n) is 6.85. The summed E-state index contributed by atoms with van der Waals surface area (Å²) in [5.41, 5.74) is 5.09. The van der Waals surface area contributed by atoms with Crippen LogP contribution in [0, 0.1) is 6.92 Å². The molecule has 1 aliphatic heterocycles. The first kappa shape index (κ1) is 14.7. The molecule has 0 aromatic carbocycles. The topological polar surface area (TPSA) is 92.5 Å². The van der Waals surface area contributed by atoms with Crippen molar-refractivity contribution < 1.29 is 4.52 Å². The van der Waals surface area contributed by atoms with Crippen LogP contribution < -0.4 is 5.32 Å². The molecule has 0 fully saturated rings. The van der Waals surface area contributed by atoms with Gasteiger partial charge in [-0.25, -0.2) is 0 Å². The molecule has 22 heavy (non-hydrogen) atoms. The lowest BCUT2D eigenvalue weighted by atomic mass is 9.95. The van der Waals surface area contributed by atoms with Crippen molar-refractivity contribution in [3.05, 3.63) is 35.3 Å². The van der Waals surface area contributed by atoms with Crippen LogP contribution in [-0.4, -0.2) is 31.9 Å². The molecule has 0 aliphatic carbocycles. The maximum atomic E-state index is 5.33. The lowest BCUT2D eigenvalue weighted by Crippen LogP contribution is -2.24. The molecule has 3 aromatic heterocycles. The van der Waals surface area contributed by atoms with E-state index in [-0.39, 0.29) is 12.4 Å². The summed E-state index contributed by atoms with van der Waals surface area (Å²) in [7, 11) is 0. The van der Waals surface area contributed by atoms with Crippen LogP contribution in [0.4, 0.5) is 0 Å². The number of pyridine rings is 1. The summed E-state index contributed by atoms with van der Waals surface area (Å²) < 4.78 is 5.33. The number of hydrogen-bond acceptors (Lipinski definition) is 6. The van der Waals surface area contributed by atoms with Crippen molar-refractivity contribution in [3.8, 4) is 23.0 Å². The number of halogens is 1. The average molecular weight is 319 g/mol. The van der Waals surface area contributed by atoms with Gasteiger partial charge in [-0.3, -0.25) is 10.1 Å².